The number of nitrogens with zero attached hydrogens (tertiary/aromatic N) is 7. The van der Waals surface area contributed by atoms with Gasteiger partial charge in [0.2, 0.25) is 5.95 Å². The number of aryl methyl sites for hydroxylation is 1. The number of amides is 1. The van der Waals surface area contributed by atoms with Crippen molar-refractivity contribution in [1.29, 1.82) is 5.26 Å². The molecular weight excluding hydrogens is 392 g/mol. The number of hydrogen-bond donors (Lipinski definition) is 1. The number of likely N-dealkylation sites (tertiary alicyclic amines) is 1. The largest absolute Gasteiger partial charge is 0.352 e. The second-order valence-electron chi connectivity index (χ2n) is 7.81. The van der Waals surface area contributed by atoms with Gasteiger partial charge in [0.25, 0.3) is 5.91 Å². The number of rotatable bonds is 5. The van der Waals surface area contributed by atoms with Crippen LogP contribution in [0, 0.1) is 24.2 Å². The summed E-state index contributed by atoms with van der Waals surface area (Å²) in [4.78, 5) is 25.5. The van der Waals surface area contributed by atoms with Crippen molar-refractivity contribution in [2.45, 2.75) is 32.7 Å². The number of aromatic nitrogens is 5. The van der Waals surface area contributed by atoms with E-state index in [0.29, 0.717) is 41.8 Å². The first-order chi connectivity index (χ1) is 15.1. The number of carbonyl (C=O) groups is 1. The summed E-state index contributed by atoms with van der Waals surface area (Å²) >= 11 is 0. The molecule has 1 N–H and O–H groups in total. The molecule has 9 heteroatoms. The van der Waals surface area contributed by atoms with Gasteiger partial charge in [0.1, 0.15) is 6.07 Å². The van der Waals surface area contributed by atoms with Crippen LogP contribution < -0.4 is 5.32 Å². The second-order valence-corrected chi connectivity index (χ2v) is 7.81. The first-order valence-corrected chi connectivity index (χ1v) is 10.3. The Kier molecular flexibility index (Phi) is 5.89. The zero-order valence-corrected chi connectivity index (χ0v) is 17.6. The minimum atomic E-state index is -0.0323. The van der Waals surface area contributed by atoms with Gasteiger partial charge in [-0.15, -0.1) is 0 Å². The van der Waals surface area contributed by atoms with Crippen molar-refractivity contribution in [3.05, 3.63) is 59.7 Å². The van der Waals surface area contributed by atoms with Crippen LogP contribution in [0.4, 0.5) is 5.95 Å². The van der Waals surface area contributed by atoms with E-state index in [1.165, 1.54) is 17.2 Å². The molecule has 3 aromatic rings. The summed E-state index contributed by atoms with van der Waals surface area (Å²) in [5.41, 5.74) is 2.67. The first kappa shape index (κ1) is 20.5. The molecule has 2 aromatic heterocycles. The molecule has 158 valence electrons. The molecule has 0 radical (unpaired) electrons. The monoisotopic (exact) mass is 416 g/mol. The van der Waals surface area contributed by atoms with Crippen LogP contribution in [0.5, 0.6) is 0 Å². The van der Waals surface area contributed by atoms with Crippen molar-refractivity contribution in [1.82, 2.24) is 29.9 Å². The Hall–Kier alpha value is -3.80. The standard InChI is InChI=1S/C22H24N8O/c1-15-5-6-19(30-27-7-8-28-30)18(10-15)21(31)29-9-3-4-16(2)20(29)14-26-22-24-12-17(11-23)13-25-22/h5-8,10,12-13,16,20H,3-4,9,14H2,1-2H3,(H,24,25,26)/t16-,20-/m1/s1. The van der Waals surface area contributed by atoms with Crippen LogP contribution in [-0.2, 0) is 0 Å². The Labute approximate surface area is 180 Å². The number of nitriles is 1. The van der Waals surface area contributed by atoms with E-state index in [9.17, 15) is 4.79 Å². The summed E-state index contributed by atoms with van der Waals surface area (Å²) in [6.45, 7) is 5.35. The van der Waals surface area contributed by atoms with Gasteiger partial charge in [-0.1, -0.05) is 18.6 Å². The van der Waals surface area contributed by atoms with E-state index in [0.717, 1.165) is 18.4 Å². The average molecular weight is 416 g/mol. The highest BCUT2D eigenvalue weighted by molar-refractivity contribution is 5.98. The lowest BCUT2D eigenvalue weighted by atomic mass is 9.90. The van der Waals surface area contributed by atoms with Crippen molar-refractivity contribution in [2.24, 2.45) is 5.92 Å². The highest BCUT2D eigenvalue weighted by Gasteiger charge is 2.33. The van der Waals surface area contributed by atoms with Crippen molar-refractivity contribution in [2.75, 3.05) is 18.4 Å². The molecule has 0 aliphatic carbocycles. The number of hydrogen-bond acceptors (Lipinski definition) is 7. The SMILES string of the molecule is Cc1ccc(-n2nccn2)c(C(=O)N2CCC[C@@H](C)[C@H]2CNc2ncc(C#N)cn2)c1. The van der Waals surface area contributed by atoms with Crippen LogP contribution in [0.2, 0.25) is 0 Å². The first-order valence-electron chi connectivity index (χ1n) is 10.3. The van der Waals surface area contributed by atoms with E-state index in [1.807, 2.05) is 36.1 Å². The van der Waals surface area contributed by atoms with Crippen molar-refractivity contribution in [3.63, 3.8) is 0 Å². The molecule has 4 rings (SSSR count). The van der Waals surface area contributed by atoms with Gasteiger partial charge in [-0.3, -0.25) is 4.79 Å². The average Bonchev–Trinajstić information content (AvgIpc) is 3.32. The highest BCUT2D eigenvalue weighted by atomic mass is 16.2. The van der Waals surface area contributed by atoms with Gasteiger partial charge in [-0.25, -0.2) is 9.97 Å². The highest BCUT2D eigenvalue weighted by Crippen LogP contribution is 2.27. The molecule has 0 bridgehead atoms. The number of piperidine rings is 1. The third-order valence-electron chi connectivity index (χ3n) is 5.64. The summed E-state index contributed by atoms with van der Waals surface area (Å²) in [6.07, 6.45) is 8.17. The van der Waals surface area contributed by atoms with Crippen molar-refractivity contribution >= 4 is 11.9 Å². The Morgan fingerprint density at radius 1 is 1.26 bits per heavy atom. The lowest BCUT2D eigenvalue weighted by Gasteiger charge is -2.40. The Balaban J connectivity index is 1.58. The summed E-state index contributed by atoms with van der Waals surface area (Å²) in [6, 6.07) is 7.73. The molecule has 0 saturated carbocycles. The van der Waals surface area contributed by atoms with Crippen LogP contribution in [0.1, 0.15) is 41.3 Å². The smallest absolute Gasteiger partial charge is 0.256 e. The zero-order chi connectivity index (χ0) is 21.8. The van der Waals surface area contributed by atoms with E-state index in [-0.39, 0.29) is 11.9 Å². The summed E-state index contributed by atoms with van der Waals surface area (Å²) in [5.74, 6) is 0.732. The molecule has 1 saturated heterocycles. The Bertz CT molecular complexity index is 1090. The zero-order valence-electron chi connectivity index (χ0n) is 17.6. The van der Waals surface area contributed by atoms with Gasteiger partial charge in [0.05, 0.1) is 47.6 Å². The molecular formula is C22H24N8O. The fourth-order valence-corrected chi connectivity index (χ4v) is 3.98. The summed E-state index contributed by atoms with van der Waals surface area (Å²) < 4.78 is 0. The van der Waals surface area contributed by atoms with Gasteiger partial charge in [0.15, 0.2) is 0 Å². The molecule has 1 fully saturated rings. The van der Waals surface area contributed by atoms with Gasteiger partial charge >= 0.3 is 0 Å². The van der Waals surface area contributed by atoms with Crippen LogP contribution in [0.15, 0.2) is 43.0 Å². The normalized spacial score (nSPS) is 18.4. The summed E-state index contributed by atoms with van der Waals surface area (Å²) in [5, 5.41) is 20.6. The molecule has 2 atom stereocenters. The maximum Gasteiger partial charge on any atom is 0.256 e. The molecule has 0 spiro atoms. The number of carbonyl (C=O) groups excluding carboxylic acids is 1. The van der Waals surface area contributed by atoms with Crippen LogP contribution in [0.25, 0.3) is 5.69 Å². The van der Waals surface area contributed by atoms with Gasteiger partial charge in [0, 0.05) is 13.1 Å². The maximum atomic E-state index is 13.7. The molecule has 1 aliphatic rings. The predicted octanol–water partition coefficient (Wildman–Crippen LogP) is 2.59. The lowest BCUT2D eigenvalue weighted by Crippen LogP contribution is -2.51. The maximum absolute atomic E-state index is 13.7. The van der Waals surface area contributed by atoms with Gasteiger partial charge in [-0.2, -0.15) is 20.3 Å². The van der Waals surface area contributed by atoms with Crippen LogP contribution in [-0.4, -0.2) is 54.9 Å². The van der Waals surface area contributed by atoms with Gasteiger partial charge < -0.3 is 10.2 Å². The fraction of sp³-hybridized carbons (Fsp3) is 0.364. The Morgan fingerprint density at radius 2 is 2.00 bits per heavy atom. The molecule has 31 heavy (non-hydrogen) atoms. The quantitative estimate of drug-likeness (QED) is 0.680. The molecule has 9 nitrogen and oxygen atoms in total. The molecule has 1 aliphatic heterocycles. The van der Waals surface area contributed by atoms with Crippen LogP contribution >= 0.6 is 0 Å². The topological polar surface area (TPSA) is 113 Å². The summed E-state index contributed by atoms with van der Waals surface area (Å²) in [7, 11) is 0. The number of anilines is 1. The van der Waals surface area contributed by atoms with E-state index >= 15 is 0 Å². The third-order valence-corrected chi connectivity index (χ3v) is 5.64. The van der Waals surface area contributed by atoms with Crippen LogP contribution in [0.3, 0.4) is 0 Å². The van der Waals surface area contributed by atoms with Crippen molar-refractivity contribution in [3.8, 4) is 11.8 Å². The van der Waals surface area contributed by atoms with E-state index in [1.54, 1.807) is 12.4 Å². The Morgan fingerprint density at radius 3 is 2.71 bits per heavy atom. The molecule has 3 heterocycles. The minimum absolute atomic E-state index is 0.0144. The predicted molar refractivity (Wildman–Crippen MR) is 115 cm³/mol. The second kappa shape index (κ2) is 8.92. The fourth-order valence-electron chi connectivity index (χ4n) is 3.98. The van der Waals surface area contributed by atoms with Crippen molar-refractivity contribution < 1.29 is 4.79 Å². The molecule has 1 amide bonds. The lowest BCUT2D eigenvalue weighted by molar-refractivity contribution is 0.0539. The third kappa shape index (κ3) is 4.38. The molecule has 0 unspecified atom stereocenters. The van der Waals surface area contributed by atoms with Gasteiger partial charge in [-0.05, 0) is 37.8 Å². The minimum Gasteiger partial charge on any atom is -0.352 e. The number of nitrogens with one attached hydrogen (secondary N) is 1. The van der Waals surface area contributed by atoms with E-state index in [2.05, 4.69) is 32.4 Å². The number of benzene rings is 1. The van der Waals surface area contributed by atoms with E-state index in [4.69, 9.17) is 5.26 Å². The van der Waals surface area contributed by atoms with E-state index < -0.39 is 0 Å². The molecule has 1 aromatic carbocycles.